The van der Waals surface area contributed by atoms with Crippen molar-refractivity contribution in [3.63, 3.8) is 0 Å². The molecular weight excluding hydrogens is 330 g/mol. The molecule has 0 saturated carbocycles. The number of nitrogens with one attached hydrogen (secondary N) is 1. The molecule has 0 spiro atoms. The van der Waals surface area contributed by atoms with Gasteiger partial charge in [-0.3, -0.25) is 8.98 Å². The van der Waals surface area contributed by atoms with Gasteiger partial charge in [-0.2, -0.15) is 8.42 Å². The monoisotopic (exact) mass is 353 g/mol. The molecule has 3 atom stereocenters. The van der Waals surface area contributed by atoms with Crippen molar-refractivity contribution in [2.75, 3.05) is 11.6 Å². The Hall–Kier alpha value is -1.60. The Balaban J connectivity index is 2.06. The average molecular weight is 353 g/mol. The summed E-state index contributed by atoms with van der Waals surface area (Å²) in [5.74, 6) is 0.585. The van der Waals surface area contributed by atoms with Crippen molar-refractivity contribution >= 4 is 21.7 Å². The van der Waals surface area contributed by atoms with Crippen LogP contribution in [0.3, 0.4) is 0 Å². The number of fused-ring (bicyclic) bond motifs is 3. The highest BCUT2D eigenvalue weighted by Crippen LogP contribution is 2.52. The SMILES string of the molecule is Cc1cc2c(c3c1NC(=O)C3(C)C)OC(C(C)OS(C)(=O)=O)C2C. The molecule has 7 heteroatoms. The number of hydrogen-bond acceptors (Lipinski definition) is 5. The summed E-state index contributed by atoms with van der Waals surface area (Å²) in [5.41, 5.74) is 2.93. The molecule has 132 valence electrons. The van der Waals surface area contributed by atoms with E-state index in [-0.39, 0.29) is 11.8 Å². The molecule has 2 heterocycles. The normalized spacial score (nSPS) is 25.7. The minimum atomic E-state index is -3.57. The number of rotatable bonds is 3. The Morgan fingerprint density at radius 3 is 2.58 bits per heavy atom. The first-order chi connectivity index (χ1) is 10.9. The van der Waals surface area contributed by atoms with Gasteiger partial charge in [0.15, 0.2) is 0 Å². The van der Waals surface area contributed by atoms with Crippen LogP contribution in [0.4, 0.5) is 5.69 Å². The highest BCUT2D eigenvalue weighted by molar-refractivity contribution is 7.86. The summed E-state index contributed by atoms with van der Waals surface area (Å²) in [6.07, 6.45) is -0.0114. The lowest BCUT2D eigenvalue weighted by Gasteiger charge is -2.23. The number of anilines is 1. The van der Waals surface area contributed by atoms with Crippen LogP contribution in [0.15, 0.2) is 6.07 Å². The third-order valence-electron chi connectivity index (χ3n) is 4.96. The van der Waals surface area contributed by atoms with Crippen LogP contribution in [0, 0.1) is 6.92 Å². The van der Waals surface area contributed by atoms with E-state index < -0.39 is 27.7 Å². The van der Waals surface area contributed by atoms with E-state index in [1.807, 2.05) is 33.8 Å². The molecule has 2 aliphatic rings. The van der Waals surface area contributed by atoms with E-state index in [9.17, 15) is 13.2 Å². The Morgan fingerprint density at radius 1 is 1.38 bits per heavy atom. The van der Waals surface area contributed by atoms with Gasteiger partial charge in [0.2, 0.25) is 5.91 Å². The molecule has 0 aromatic heterocycles. The van der Waals surface area contributed by atoms with Gasteiger partial charge in [-0.15, -0.1) is 0 Å². The molecule has 1 aromatic rings. The topological polar surface area (TPSA) is 81.7 Å². The van der Waals surface area contributed by atoms with Gasteiger partial charge in [0.05, 0.1) is 17.4 Å². The van der Waals surface area contributed by atoms with Crippen LogP contribution in [0.2, 0.25) is 0 Å². The van der Waals surface area contributed by atoms with E-state index in [0.717, 1.165) is 28.6 Å². The summed E-state index contributed by atoms with van der Waals surface area (Å²) in [6.45, 7) is 9.37. The Bertz CT molecular complexity index is 828. The van der Waals surface area contributed by atoms with Crippen LogP contribution in [-0.4, -0.2) is 32.8 Å². The number of aryl methyl sites for hydroxylation is 1. The lowest BCUT2D eigenvalue weighted by atomic mass is 9.82. The fourth-order valence-corrected chi connectivity index (χ4v) is 4.34. The molecule has 3 rings (SSSR count). The molecule has 0 fully saturated rings. The van der Waals surface area contributed by atoms with E-state index in [2.05, 4.69) is 5.32 Å². The lowest BCUT2D eigenvalue weighted by molar-refractivity contribution is -0.119. The smallest absolute Gasteiger partial charge is 0.264 e. The van der Waals surface area contributed by atoms with Crippen molar-refractivity contribution in [2.45, 2.75) is 58.2 Å². The third-order valence-corrected chi connectivity index (χ3v) is 5.62. The number of carbonyl (C=O) groups is 1. The van der Waals surface area contributed by atoms with Crippen LogP contribution in [0.1, 0.15) is 50.3 Å². The zero-order valence-electron chi connectivity index (χ0n) is 14.8. The van der Waals surface area contributed by atoms with Gasteiger partial charge in [-0.1, -0.05) is 6.92 Å². The summed E-state index contributed by atoms with van der Waals surface area (Å²) >= 11 is 0. The highest BCUT2D eigenvalue weighted by atomic mass is 32.2. The molecule has 0 radical (unpaired) electrons. The zero-order chi connectivity index (χ0) is 18.0. The number of amides is 1. The van der Waals surface area contributed by atoms with Gasteiger partial charge in [-0.05, 0) is 39.3 Å². The molecule has 1 N–H and O–H groups in total. The van der Waals surface area contributed by atoms with E-state index in [4.69, 9.17) is 8.92 Å². The summed E-state index contributed by atoms with van der Waals surface area (Å²) in [4.78, 5) is 12.3. The van der Waals surface area contributed by atoms with Gasteiger partial charge < -0.3 is 10.1 Å². The molecular formula is C17H23NO5S. The average Bonchev–Trinajstić information content (AvgIpc) is 2.85. The van der Waals surface area contributed by atoms with Crippen molar-refractivity contribution in [3.8, 4) is 5.75 Å². The van der Waals surface area contributed by atoms with Gasteiger partial charge in [0.25, 0.3) is 10.1 Å². The van der Waals surface area contributed by atoms with Gasteiger partial charge >= 0.3 is 0 Å². The maximum atomic E-state index is 12.3. The molecule has 0 bridgehead atoms. The summed E-state index contributed by atoms with van der Waals surface area (Å²) in [6, 6.07) is 2.01. The van der Waals surface area contributed by atoms with Crippen molar-refractivity contribution in [2.24, 2.45) is 0 Å². The summed E-state index contributed by atoms with van der Waals surface area (Å²) < 4.78 is 34.1. The highest BCUT2D eigenvalue weighted by Gasteiger charge is 2.47. The zero-order valence-corrected chi connectivity index (χ0v) is 15.6. The maximum absolute atomic E-state index is 12.3. The third kappa shape index (κ3) is 2.50. The van der Waals surface area contributed by atoms with Crippen LogP contribution >= 0.6 is 0 Å². The number of carbonyl (C=O) groups excluding carboxylic acids is 1. The predicted octanol–water partition coefficient (Wildman–Crippen LogP) is 2.45. The molecule has 0 aliphatic carbocycles. The second kappa shape index (κ2) is 5.20. The second-order valence-corrected chi connectivity index (χ2v) is 8.92. The Labute approximate surface area is 142 Å². The Kier molecular flexibility index (Phi) is 3.73. The molecule has 3 unspecified atom stereocenters. The van der Waals surface area contributed by atoms with Crippen molar-refractivity contribution in [1.29, 1.82) is 0 Å². The van der Waals surface area contributed by atoms with Gasteiger partial charge in [-0.25, -0.2) is 0 Å². The number of hydrogen-bond donors (Lipinski definition) is 1. The number of benzene rings is 1. The first kappa shape index (κ1) is 17.2. The van der Waals surface area contributed by atoms with Crippen LogP contribution in [0.25, 0.3) is 0 Å². The van der Waals surface area contributed by atoms with Crippen molar-refractivity contribution in [3.05, 3.63) is 22.8 Å². The Morgan fingerprint density at radius 2 is 2.00 bits per heavy atom. The molecule has 1 aromatic carbocycles. The van der Waals surface area contributed by atoms with Crippen molar-refractivity contribution < 1.29 is 22.1 Å². The van der Waals surface area contributed by atoms with Gasteiger partial charge in [0.1, 0.15) is 18.0 Å². The minimum Gasteiger partial charge on any atom is -0.486 e. The van der Waals surface area contributed by atoms with E-state index in [1.165, 1.54) is 0 Å². The predicted molar refractivity (Wildman–Crippen MR) is 91.1 cm³/mol. The first-order valence-electron chi connectivity index (χ1n) is 7.98. The minimum absolute atomic E-state index is 0.0350. The maximum Gasteiger partial charge on any atom is 0.264 e. The van der Waals surface area contributed by atoms with Gasteiger partial charge in [0, 0.05) is 17.0 Å². The largest absolute Gasteiger partial charge is 0.486 e. The molecule has 6 nitrogen and oxygen atoms in total. The number of ether oxygens (including phenoxy) is 1. The molecule has 2 aliphatic heterocycles. The van der Waals surface area contributed by atoms with E-state index >= 15 is 0 Å². The van der Waals surface area contributed by atoms with E-state index in [0.29, 0.717) is 5.75 Å². The van der Waals surface area contributed by atoms with Crippen LogP contribution in [-0.2, 0) is 24.5 Å². The van der Waals surface area contributed by atoms with Crippen LogP contribution < -0.4 is 10.1 Å². The van der Waals surface area contributed by atoms with E-state index in [1.54, 1.807) is 6.92 Å². The molecule has 1 amide bonds. The summed E-state index contributed by atoms with van der Waals surface area (Å²) in [5, 5.41) is 2.94. The quantitative estimate of drug-likeness (QED) is 0.844. The molecule has 24 heavy (non-hydrogen) atoms. The lowest BCUT2D eigenvalue weighted by Crippen LogP contribution is -2.34. The fourth-order valence-electron chi connectivity index (χ4n) is 3.68. The van der Waals surface area contributed by atoms with Crippen LogP contribution in [0.5, 0.6) is 5.75 Å². The standard InChI is InChI=1S/C17H23NO5S/c1-8-7-11-9(2)14(10(3)23-24(6,20)21)22-15(11)12-13(8)18-16(19)17(12,4)5/h7,9-10,14H,1-6H3,(H,18,19). The second-order valence-electron chi connectivity index (χ2n) is 7.32. The van der Waals surface area contributed by atoms with Crippen molar-refractivity contribution in [1.82, 2.24) is 0 Å². The molecule has 0 saturated heterocycles. The first-order valence-corrected chi connectivity index (χ1v) is 9.79. The summed E-state index contributed by atoms with van der Waals surface area (Å²) in [7, 11) is -3.57. The fraction of sp³-hybridized carbons (Fsp3) is 0.588.